The van der Waals surface area contributed by atoms with Crippen LogP contribution in [0.25, 0.3) is 0 Å². The quantitative estimate of drug-likeness (QED) is 0.764. The van der Waals surface area contributed by atoms with Crippen molar-refractivity contribution in [1.82, 2.24) is 9.71 Å². The molecule has 102 valence electrons. The molecule has 6 nitrogen and oxygen atoms in total. The van der Waals surface area contributed by atoms with Crippen molar-refractivity contribution >= 4 is 15.8 Å². The number of nitrogens with zero attached hydrogens (tertiary/aromatic N) is 1. The van der Waals surface area contributed by atoms with Crippen LogP contribution >= 0.6 is 0 Å². The molecule has 1 unspecified atom stereocenters. The first-order chi connectivity index (χ1) is 8.49. The number of ether oxygens (including phenoxy) is 1. The van der Waals surface area contributed by atoms with Gasteiger partial charge in [-0.15, -0.1) is 0 Å². The standard InChI is InChI=1S/C11H19N3O3S/c1-9(8-17-3)7-14-18(15,16)10-4-5-13-11(6-10)12-2/h4-6,9,14H,7-8H2,1-3H3,(H,12,13). The zero-order valence-corrected chi connectivity index (χ0v) is 11.6. The summed E-state index contributed by atoms with van der Waals surface area (Å²) in [6.07, 6.45) is 1.46. The van der Waals surface area contributed by atoms with Crippen LogP contribution in [0.15, 0.2) is 23.2 Å². The van der Waals surface area contributed by atoms with Gasteiger partial charge in [-0.25, -0.2) is 18.1 Å². The van der Waals surface area contributed by atoms with Gasteiger partial charge in [0.1, 0.15) is 5.82 Å². The minimum Gasteiger partial charge on any atom is -0.384 e. The van der Waals surface area contributed by atoms with E-state index in [4.69, 9.17) is 4.74 Å². The Morgan fingerprint density at radius 2 is 2.22 bits per heavy atom. The maximum atomic E-state index is 12.0. The smallest absolute Gasteiger partial charge is 0.240 e. The van der Waals surface area contributed by atoms with E-state index in [0.29, 0.717) is 19.0 Å². The lowest BCUT2D eigenvalue weighted by Crippen LogP contribution is -2.30. The SMILES string of the molecule is CNc1cc(S(=O)(=O)NCC(C)COC)ccn1. The maximum Gasteiger partial charge on any atom is 0.240 e. The molecule has 18 heavy (non-hydrogen) atoms. The lowest BCUT2D eigenvalue weighted by molar-refractivity contribution is 0.161. The summed E-state index contributed by atoms with van der Waals surface area (Å²) in [6, 6.07) is 2.95. The number of rotatable bonds is 7. The highest BCUT2D eigenvalue weighted by Crippen LogP contribution is 2.12. The second kappa shape index (κ2) is 6.67. The third-order valence-electron chi connectivity index (χ3n) is 2.37. The summed E-state index contributed by atoms with van der Waals surface area (Å²) in [4.78, 5) is 4.17. The van der Waals surface area contributed by atoms with Crippen LogP contribution < -0.4 is 10.0 Å². The molecule has 0 fully saturated rings. The zero-order valence-electron chi connectivity index (χ0n) is 10.8. The van der Waals surface area contributed by atoms with Gasteiger partial charge in [0.15, 0.2) is 0 Å². The first-order valence-electron chi connectivity index (χ1n) is 5.62. The van der Waals surface area contributed by atoms with Crippen molar-refractivity contribution in [2.75, 3.05) is 32.6 Å². The molecule has 1 atom stereocenters. The van der Waals surface area contributed by atoms with Crippen LogP contribution in [0.4, 0.5) is 5.82 Å². The van der Waals surface area contributed by atoms with Gasteiger partial charge in [-0.3, -0.25) is 0 Å². The van der Waals surface area contributed by atoms with E-state index in [9.17, 15) is 8.42 Å². The summed E-state index contributed by atoms with van der Waals surface area (Å²) in [5.74, 6) is 0.637. The number of pyridine rings is 1. The summed E-state index contributed by atoms with van der Waals surface area (Å²) in [5.41, 5.74) is 0. The Morgan fingerprint density at radius 1 is 1.50 bits per heavy atom. The molecule has 2 N–H and O–H groups in total. The Bertz CT molecular complexity index is 476. The molecule has 0 amide bonds. The molecule has 0 aliphatic heterocycles. The third-order valence-corrected chi connectivity index (χ3v) is 3.79. The van der Waals surface area contributed by atoms with Gasteiger partial charge in [0.2, 0.25) is 10.0 Å². The molecule has 1 rings (SSSR count). The minimum atomic E-state index is -3.49. The minimum absolute atomic E-state index is 0.121. The largest absolute Gasteiger partial charge is 0.384 e. The van der Waals surface area contributed by atoms with Gasteiger partial charge < -0.3 is 10.1 Å². The molecule has 0 aromatic carbocycles. The van der Waals surface area contributed by atoms with Crippen molar-refractivity contribution < 1.29 is 13.2 Å². The summed E-state index contributed by atoms with van der Waals surface area (Å²) in [6.45, 7) is 2.77. The average molecular weight is 273 g/mol. The monoisotopic (exact) mass is 273 g/mol. The molecule has 0 aliphatic carbocycles. The van der Waals surface area contributed by atoms with Gasteiger partial charge in [-0.1, -0.05) is 6.92 Å². The van der Waals surface area contributed by atoms with Crippen LogP contribution in [0.3, 0.4) is 0 Å². The Hall–Kier alpha value is -1.18. The van der Waals surface area contributed by atoms with E-state index in [2.05, 4.69) is 15.0 Å². The van der Waals surface area contributed by atoms with Crippen LogP contribution in [0.2, 0.25) is 0 Å². The van der Waals surface area contributed by atoms with Crippen molar-refractivity contribution in [3.05, 3.63) is 18.3 Å². The van der Waals surface area contributed by atoms with Gasteiger partial charge in [-0.2, -0.15) is 0 Å². The number of aromatic nitrogens is 1. The fraction of sp³-hybridized carbons (Fsp3) is 0.545. The topological polar surface area (TPSA) is 80.3 Å². The highest BCUT2D eigenvalue weighted by atomic mass is 32.2. The van der Waals surface area contributed by atoms with Crippen molar-refractivity contribution in [3.63, 3.8) is 0 Å². The van der Waals surface area contributed by atoms with Crippen molar-refractivity contribution in [3.8, 4) is 0 Å². The Morgan fingerprint density at radius 3 is 2.83 bits per heavy atom. The van der Waals surface area contributed by atoms with E-state index >= 15 is 0 Å². The van der Waals surface area contributed by atoms with Crippen molar-refractivity contribution in [1.29, 1.82) is 0 Å². The number of nitrogens with one attached hydrogen (secondary N) is 2. The number of sulfonamides is 1. The maximum absolute atomic E-state index is 12.0. The van der Waals surface area contributed by atoms with E-state index in [0.717, 1.165) is 0 Å². The molecule has 1 aromatic heterocycles. The van der Waals surface area contributed by atoms with E-state index in [-0.39, 0.29) is 10.8 Å². The first-order valence-corrected chi connectivity index (χ1v) is 7.10. The Kier molecular flexibility index (Phi) is 5.52. The highest BCUT2D eigenvalue weighted by Gasteiger charge is 2.15. The normalized spacial score (nSPS) is 13.3. The molecule has 7 heteroatoms. The Labute approximate surface area is 108 Å². The molecule has 0 saturated heterocycles. The van der Waals surface area contributed by atoms with Crippen molar-refractivity contribution in [2.45, 2.75) is 11.8 Å². The molecular weight excluding hydrogens is 254 g/mol. The summed E-state index contributed by atoms with van der Waals surface area (Å²) >= 11 is 0. The highest BCUT2D eigenvalue weighted by molar-refractivity contribution is 7.89. The number of anilines is 1. The molecule has 0 radical (unpaired) electrons. The lowest BCUT2D eigenvalue weighted by Gasteiger charge is -2.12. The first kappa shape index (κ1) is 14.9. The van der Waals surface area contributed by atoms with Gasteiger partial charge in [0.05, 0.1) is 4.90 Å². The molecule has 1 aromatic rings. The van der Waals surface area contributed by atoms with E-state index in [1.54, 1.807) is 14.2 Å². The third kappa shape index (κ3) is 4.25. The fourth-order valence-electron chi connectivity index (χ4n) is 1.39. The molecule has 1 heterocycles. The van der Waals surface area contributed by atoms with Crippen LogP contribution in [-0.4, -0.2) is 40.7 Å². The van der Waals surface area contributed by atoms with Crippen LogP contribution in [0.5, 0.6) is 0 Å². The Balaban J connectivity index is 2.73. The van der Waals surface area contributed by atoms with E-state index in [1.165, 1.54) is 18.3 Å². The lowest BCUT2D eigenvalue weighted by atomic mass is 10.2. The van der Waals surface area contributed by atoms with Crippen LogP contribution in [0.1, 0.15) is 6.92 Å². The second-order valence-corrected chi connectivity index (χ2v) is 5.81. The van der Waals surface area contributed by atoms with Gasteiger partial charge in [0, 0.05) is 39.6 Å². The summed E-state index contributed by atoms with van der Waals surface area (Å²) in [5, 5.41) is 2.80. The van der Waals surface area contributed by atoms with Gasteiger partial charge >= 0.3 is 0 Å². The predicted octanol–water partition coefficient (Wildman–Crippen LogP) is 0.684. The number of methoxy groups -OCH3 is 1. The molecule has 0 saturated carbocycles. The molecule has 0 bridgehead atoms. The molecule has 0 aliphatic rings. The summed E-state index contributed by atoms with van der Waals surface area (Å²) < 4.78 is 31.5. The zero-order chi connectivity index (χ0) is 13.6. The van der Waals surface area contributed by atoms with Gasteiger partial charge in [0.25, 0.3) is 0 Å². The van der Waals surface area contributed by atoms with Crippen LogP contribution in [-0.2, 0) is 14.8 Å². The van der Waals surface area contributed by atoms with Crippen molar-refractivity contribution in [2.24, 2.45) is 5.92 Å². The number of hydrogen-bond donors (Lipinski definition) is 2. The van der Waals surface area contributed by atoms with E-state index < -0.39 is 10.0 Å². The van der Waals surface area contributed by atoms with Crippen LogP contribution in [0, 0.1) is 5.92 Å². The molecule has 0 spiro atoms. The fourth-order valence-corrected chi connectivity index (χ4v) is 2.57. The molecular formula is C11H19N3O3S. The predicted molar refractivity (Wildman–Crippen MR) is 70.0 cm³/mol. The second-order valence-electron chi connectivity index (χ2n) is 4.04. The van der Waals surface area contributed by atoms with E-state index in [1.807, 2.05) is 6.92 Å². The number of hydrogen-bond acceptors (Lipinski definition) is 5. The van der Waals surface area contributed by atoms with Gasteiger partial charge in [-0.05, 0) is 12.0 Å². The average Bonchev–Trinajstić information content (AvgIpc) is 2.37. The summed E-state index contributed by atoms with van der Waals surface area (Å²) in [7, 11) is -0.214.